The van der Waals surface area contributed by atoms with Crippen LogP contribution in [0.5, 0.6) is 0 Å². The monoisotopic (exact) mass is 236 g/mol. The van der Waals surface area contributed by atoms with E-state index in [4.69, 9.17) is 0 Å². The SMILES string of the molecule is CC(C)c1nnsc1C(=O)c1ccn(C)n1. The summed E-state index contributed by atoms with van der Waals surface area (Å²) in [5.74, 6) is 0.0979. The van der Waals surface area contributed by atoms with Gasteiger partial charge in [0.2, 0.25) is 5.78 Å². The summed E-state index contributed by atoms with van der Waals surface area (Å²) in [6, 6.07) is 1.70. The smallest absolute Gasteiger partial charge is 0.226 e. The molecule has 0 atom stereocenters. The average Bonchev–Trinajstić information content (AvgIpc) is 2.84. The minimum atomic E-state index is -0.0979. The third kappa shape index (κ3) is 1.88. The van der Waals surface area contributed by atoms with Crippen molar-refractivity contribution in [3.63, 3.8) is 0 Å². The van der Waals surface area contributed by atoms with E-state index in [0.717, 1.165) is 17.2 Å². The van der Waals surface area contributed by atoms with Crippen molar-refractivity contribution in [2.75, 3.05) is 0 Å². The third-order valence-electron chi connectivity index (χ3n) is 2.21. The second-order valence-corrected chi connectivity index (χ2v) is 4.60. The molecule has 2 aromatic heterocycles. The van der Waals surface area contributed by atoms with Crippen LogP contribution in [0.1, 0.15) is 40.8 Å². The van der Waals surface area contributed by atoms with E-state index in [0.29, 0.717) is 10.6 Å². The molecular weight excluding hydrogens is 224 g/mol. The second-order valence-electron chi connectivity index (χ2n) is 3.85. The second kappa shape index (κ2) is 4.13. The highest BCUT2D eigenvalue weighted by Gasteiger charge is 2.21. The van der Waals surface area contributed by atoms with Crippen LogP contribution in [0.3, 0.4) is 0 Å². The maximum Gasteiger partial charge on any atom is 0.226 e. The number of hydrogen-bond donors (Lipinski definition) is 0. The molecule has 0 radical (unpaired) electrons. The van der Waals surface area contributed by atoms with Crippen molar-refractivity contribution in [3.8, 4) is 0 Å². The molecule has 0 spiro atoms. The predicted octanol–water partition coefficient (Wildman–Crippen LogP) is 1.63. The average molecular weight is 236 g/mol. The lowest BCUT2D eigenvalue weighted by molar-refractivity contribution is 0.103. The fraction of sp³-hybridized carbons (Fsp3) is 0.400. The topological polar surface area (TPSA) is 60.7 Å². The molecule has 0 unspecified atom stereocenters. The molecule has 2 heterocycles. The predicted molar refractivity (Wildman–Crippen MR) is 60.6 cm³/mol. The molecule has 84 valence electrons. The Bertz CT molecular complexity index is 514. The van der Waals surface area contributed by atoms with Crippen LogP contribution in [0.15, 0.2) is 12.3 Å². The molecule has 2 rings (SSSR count). The van der Waals surface area contributed by atoms with E-state index in [1.807, 2.05) is 13.8 Å². The normalized spacial score (nSPS) is 11.0. The molecule has 0 aliphatic heterocycles. The fourth-order valence-electron chi connectivity index (χ4n) is 1.39. The first-order valence-corrected chi connectivity index (χ1v) is 5.73. The largest absolute Gasteiger partial charge is 0.286 e. The number of nitrogens with zero attached hydrogens (tertiary/aromatic N) is 4. The van der Waals surface area contributed by atoms with E-state index in [1.54, 1.807) is 24.0 Å². The molecule has 5 nitrogen and oxygen atoms in total. The van der Waals surface area contributed by atoms with Crippen LogP contribution in [0.25, 0.3) is 0 Å². The molecule has 6 heteroatoms. The van der Waals surface area contributed by atoms with Crippen molar-refractivity contribution in [2.24, 2.45) is 7.05 Å². The quantitative estimate of drug-likeness (QED) is 0.760. The van der Waals surface area contributed by atoms with Crippen molar-refractivity contribution >= 4 is 17.3 Å². The summed E-state index contributed by atoms with van der Waals surface area (Å²) in [5.41, 5.74) is 1.19. The van der Waals surface area contributed by atoms with E-state index in [2.05, 4.69) is 14.7 Å². The van der Waals surface area contributed by atoms with Gasteiger partial charge in [-0.2, -0.15) is 5.10 Å². The van der Waals surface area contributed by atoms with Gasteiger partial charge in [-0.1, -0.05) is 18.3 Å². The van der Waals surface area contributed by atoms with Gasteiger partial charge in [-0.15, -0.1) is 5.10 Å². The summed E-state index contributed by atoms with van der Waals surface area (Å²) in [7, 11) is 1.78. The number of aryl methyl sites for hydroxylation is 1. The zero-order chi connectivity index (χ0) is 11.7. The molecule has 16 heavy (non-hydrogen) atoms. The number of ketones is 1. The zero-order valence-corrected chi connectivity index (χ0v) is 10.2. The van der Waals surface area contributed by atoms with Crippen LogP contribution in [0, 0.1) is 0 Å². The highest BCUT2D eigenvalue weighted by atomic mass is 32.1. The molecule has 2 aromatic rings. The van der Waals surface area contributed by atoms with E-state index in [1.165, 1.54) is 0 Å². The summed E-state index contributed by atoms with van der Waals surface area (Å²) in [6.07, 6.45) is 1.75. The van der Waals surface area contributed by atoms with Crippen molar-refractivity contribution in [3.05, 3.63) is 28.5 Å². The molecule has 0 aromatic carbocycles. The summed E-state index contributed by atoms with van der Waals surface area (Å²) >= 11 is 1.13. The van der Waals surface area contributed by atoms with E-state index < -0.39 is 0 Å². The van der Waals surface area contributed by atoms with Crippen LogP contribution in [0.2, 0.25) is 0 Å². The van der Waals surface area contributed by atoms with Crippen molar-refractivity contribution < 1.29 is 4.79 Å². The number of carbonyl (C=O) groups is 1. The minimum absolute atomic E-state index is 0.0979. The Morgan fingerprint density at radius 2 is 2.25 bits per heavy atom. The lowest BCUT2D eigenvalue weighted by atomic mass is 10.1. The summed E-state index contributed by atoms with van der Waals surface area (Å²) in [5, 5.41) is 8.07. The molecule has 0 aliphatic rings. The molecule has 0 saturated carbocycles. The molecular formula is C10H12N4OS. The van der Waals surface area contributed by atoms with Crippen LogP contribution >= 0.6 is 11.5 Å². The van der Waals surface area contributed by atoms with E-state index in [9.17, 15) is 4.79 Å². The first-order chi connectivity index (χ1) is 7.59. The maximum atomic E-state index is 12.1. The maximum absolute atomic E-state index is 12.1. The van der Waals surface area contributed by atoms with Gasteiger partial charge in [0, 0.05) is 13.2 Å². The van der Waals surface area contributed by atoms with Crippen LogP contribution < -0.4 is 0 Å². The Morgan fingerprint density at radius 1 is 1.50 bits per heavy atom. The number of rotatable bonds is 3. The Kier molecular flexibility index (Phi) is 2.82. The lowest BCUT2D eigenvalue weighted by Crippen LogP contribution is -2.05. The molecule has 0 amide bonds. The first-order valence-electron chi connectivity index (χ1n) is 4.96. The van der Waals surface area contributed by atoms with E-state index >= 15 is 0 Å². The van der Waals surface area contributed by atoms with Gasteiger partial charge in [0.1, 0.15) is 10.6 Å². The lowest BCUT2D eigenvalue weighted by Gasteiger charge is -2.00. The molecule has 0 N–H and O–H groups in total. The van der Waals surface area contributed by atoms with Gasteiger partial charge < -0.3 is 0 Å². The third-order valence-corrected chi connectivity index (χ3v) is 2.95. The summed E-state index contributed by atoms with van der Waals surface area (Å²) < 4.78 is 5.44. The number of aromatic nitrogens is 4. The molecule has 0 fully saturated rings. The molecule has 0 bridgehead atoms. The van der Waals surface area contributed by atoms with Gasteiger partial charge in [-0.25, -0.2) is 0 Å². The van der Waals surface area contributed by atoms with Gasteiger partial charge in [0.25, 0.3) is 0 Å². The van der Waals surface area contributed by atoms with Gasteiger partial charge >= 0.3 is 0 Å². The molecule has 0 aliphatic carbocycles. The minimum Gasteiger partial charge on any atom is -0.286 e. The fourth-order valence-corrected chi connectivity index (χ4v) is 2.15. The van der Waals surface area contributed by atoms with Gasteiger partial charge in [0.15, 0.2) is 0 Å². The first kappa shape index (κ1) is 10.9. The Hall–Kier alpha value is -1.56. The van der Waals surface area contributed by atoms with Crippen LogP contribution in [-0.2, 0) is 7.05 Å². The van der Waals surface area contributed by atoms with Crippen molar-refractivity contribution in [1.82, 2.24) is 19.4 Å². The van der Waals surface area contributed by atoms with Crippen LogP contribution in [-0.4, -0.2) is 25.2 Å². The summed E-state index contributed by atoms with van der Waals surface area (Å²) in [4.78, 5) is 12.7. The van der Waals surface area contributed by atoms with Crippen LogP contribution in [0.4, 0.5) is 0 Å². The molecule has 0 saturated heterocycles. The standard InChI is InChI=1S/C10H12N4OS/c1-6(2)8-10(16-13-11-8)9(15)7-4-5-14(3)12-7/h4-6H,1-3H3. The Balaban J connectivity index is 2.38. The van der Waals surface area contributed by atoms with E-state index in [-0.39, 0.29) is 11.7 Å². The van der Waals surface area contributed by atoms with Crippen molar-refractivity contribution in [2.45, 2.75) is 19.8 Å². The van der Waals surface area contributed by atoms with Gasteiger partial charge in [-0.05, 0) is 23.5 Å². The van der Waals surface area contributed by atoms with Gasteiger partial charge in [-0.3, -0.25) is 9.48 Å². The van der Waals surface area contributed by atoms with Crippen molar-refractivity contribution in [1.29, 1.82) is 0 Å². The Morgan fingerprint density at radius 3 is 2.81 bits per heavy atom. The summed E-state index contributed by atoms with van der Waals surface area (Å²) in [6.45, 7) is 3.98. The zero-order valence-electron chi connectivity index (χ0n) is 9.34. The number of hydrogen-bond acceptors (Lipinski definition) is 5. The Labute approximate surface area is 97.3 Å². The number of carbonyl (C=O) groups excluding carboxylic acids is 1. The highest BCUT2D eigenvalue weighted by molar-refractivity contribution is 7.08. The highest BCUT2D eigenvalue weighted by Crippen LogP contribution is 2.22. The van der Waals surface area contributed by atoms with Gasteiger partial charge in [0.05, 0.1) is 5.69 Å².